The van der Waals surface area contributed by atoms with Crippen LogP contribution >= 0.6 is 0 Å². The minimum Gasteiger partial charge on any atom is -0.459 e. The average Bonchev–Trinajstić information content (AvgIpc) is 2.88. The van der Waals surface area contributed by atoms with Crippen LogP contribution in [0.15, 0.2) is 42.2 Å². The van der Waals surface area contributed by atoms with Crippen LogP contribution in [0.2, 0.25) is 0 Å². The molecule has 0 aliphatic carbocycles. The fraction of sp³-hybridized carbons (Fsp3) is 0.667. The van der Waals surface area contributed by atoms with Crippen LogP contribution in [0.4, 0.5) is 0 Å². The first kappa shape index (κ1) is 24.2. The zero-order chi connectivity index (χ0) is 23.0. The van der Waals surface area contributed by atoms with Gasteiger partial charge in [0.25, 0.3) is 5.91 Å². The maximum atomic E-state index is 13.5. The lowest BCUT2D eigenvalue weighted by molar-refractivity contribution is -0.171. The minimum atomic E-state index is -0.485. The Bertz CT molecular complexity index is 770. The number of carbonyl (C=O) groups excluding carboxylic acids is 1. The second-order valence-corrected chi connectivity index (χ2v) is 9.56. The molecule has 6 heteroatoms. The highest BCUT2D eigenvalue weighted by molar-refractivity contribution is 5.92. The average molecular weight is 457 g/mol. The highest BCUT2D eigenvalue weighted by Gasteiger charge is 2.39. The molecule has 1 N–H and O–H groups in total. The van der Waals surface area contributed by atoms with E-state index in [1.54, 1.807) is 0 Å². The molecule has 0 radical (unpaired) electrons. The Morgan fingerprint density at radius 1 is 1.09 bits per heavy atom. The van der Waals surface area contributed by atoms with Gasteiger partial charge in [-0.3, -0.25) is 4.79 Å². The number of aliphatic hydroxyl groups excluding tert-OH is 1. The summed E-state index contributed by atoms with van der Waals surface area (Å²) in [4.78, 5) is 18.1. The Morgan fingerprint density at radius 3 is 2.48 bits per heavy atom. The van der Waals surface area contributed by atoms with Crippen molar-refractivity contribution >= 4 is 5.91 Å². The van der Waals surface area contributed by atoms with E-state index >= 15 is 0 Å². The number of allylic oxidation sites excluding steroid dienone is 1. The number of hydrogen-bond donors (Lipinski definition) is 1. The van der Waals surface area contributed by atoms with Crippen LogP contribution in [0.5, 0.6) is 0 Å². The summed E-state index contributed by atoms with van der Waals surface area (Å²) < 4.78 is 12.2. The molecule has 0 saturated carbocycles. The fourth-order valence-corrected chi connectivity index (χ4v) is 5.69. The first-order valence-electron chi connectivity index (χ1n) is 12.9. The van der Waals surface area contributed by atoms with E-state index < -0.39 is 6.29 Å². The molecule has 3 aliphatic heterocycles. The van der Waals surface area contributed by atoms with E-state index in [0.29, 0.717) is 24.8 Å². The van der Waals surface area contributed by atoms with Gasteiger partial charge in [0.05, 0.1) is 0 Å². The summed E-state index contributed by atoms with van der Waals surface area (Å²) in [5.41, 5.74) is 1.16. The quantitative estimate of drug-likeness (QED) is 0.643. The van der Waals surface area contributed by atoms with E-state index in [1.807, 2.05) is 36.1 Å². The van der Waals surface area contributed by atoms with Crippen molar-refractivity contribution in [2.24, 2.45) is 5.92 Å². The van der Waals surface area contributed by atoms with Crippen molar-refractivity contribution in [3.63, 3.8) is 0 Å². The second-order valence-electron chi connectivity index (χ2n) is 9.56. The molecule has 6 nitrogen and oxygen atoms in total. The van der Waals surface area contributed by atoms with Gasteiger partial charge in [0, 0.05) is 44.2 Å². The van der Waals surface area contributed by atoms with Crippen LogP contribution in [-0.2, 0) is 14.3 Å². The van der Waals surface area contributed by atoms with Crippen molar-refractivity contribution in [3.05, 3.63) is 47.7 Å². The van der Waals surface area contributed by atoms with Gasteiger partial charge in [-0.15, -0.1) is 0 Å². The van der Waals surface area contributed by atoms with Crippen molar-refractivity contribution in [2.75, 3.05) is 39.4 Å². The number of hydrogen-bond acceptors (Lipinski definition) is 5. The summed E-state index contributed by atoms with van der Waals surface area (Å²) in [6.07, 6.45) is 9.01. The zero-order valence-corrected chi connectivity index (χ0v) is 20.0. The lowest BCUT2D eigenvalue weighted by Crippen LogP contribution is -2.49. The summed E-state index contributed by atoms with van der Waals surface area (Å²) >= 11 is 0. The van der Waals surface area contributed by atoms with E-state index in [2.05, 4.69) is 17.0 Å². The van der Waals surface area contributed by atoms with Gasteiger partial charge < -0.3 is 24.4 Å². The lowest BCUT2D eigenvalue weighted by Gasteiger charge is -2.41. The van der Waals surface area contributed by atoms with Crippen molar-refractivity contribution in [1.29, 1.82) is 0 Å². The number of rotatable bonds is 8. The molecule has 0 bridgehead atoms. The van der Waals surface area contributed by atoms with E-state index in [9.17, 15) is 9.90 Å². The molecule has 0 spiro atoms. The number of ether oxygens (including phenoxy) is 2. The Hall–Kier alpha value is -1.89. The van der Waals surface area contributed by atoms with Gasteiger partial charge >= 0.3 is 0 Å². The topological polar surface area (TPSA) is 62.2 Å². The highest BCUT2D eigenvalue weighted by atomic mass is 16.7. The molecule has 4 rings (SSSR count). The number of aliphatic hydroxyl groups is 1. The third kappa shape index (κ3) is 5.97. The van der Waals surface area contributed by atoms with Crippen molar-refractivity contribution < 1.29 is 19.4 Å². The molecule has 1 aromatic carbocycles. The summed E-state index contributed by atoms with van der Waals surface area (Å²) in [7, 11) is 0. The van der Waals surface area contributed by atoms with E-state index in [1.165, 1.54) is 32.4 Å². The number of carbonyl (C=O) groups is 1. The van der Waals surface area contributed by atoms with Gasteiger partial charge in [-0.1, -0.05) is 36.8 Å². The van der Waals surface area contributed by atoms with Crippen LogP contribution in [-0.4, -0.2) is 72.5 Å². The van der Waals surface area contributed by atoms with Crippen molar-refractivity contribution in [3.8, 4) is 0 Å². The molecule has 33 heavy (non-hydrogen) atoms. The molecule has 1 amide bonds. The second kappa shape index (κ2) is 12.0. The largest absolute Gasteiger partial charge is 0.459 e. The number of likely N-dealkylation sites (tertiary alicyclic amines) is 2. The number of nitrogens with zero attached hydrogens (tertiary/aromatic N) is 2. The van der Waals surface area contributed by atoms with Crippen LogP contribution in [0.1, 0.15) is 63.4 Å². The van der Waals surface area contributed by atoms with Crippen LogP contribution in [0.25, 0.3) is 0 Å². The molecule has 0 aromatic heterocycles. The first-order valence-corrected chi connectivity index (χ1v) is 12.9. The van der Waals surface area contributed by atoms with Gasteiger partial charge in [-0.2, -0.15) is 0 Å². The molecule has 0 unspecified atom stereocenters. The number of amides is 1. The minimum absolute atomic E-state index is 0.0154. The third-order valence-corrected chi connectivity index (χ3v) is 7.47. The predicted octanol–water partition coefficient (Wildman–Crippen LogP) is 3.91. The van der Waals surface area contributed by atoms with Gasteiger partial charge in [0.1, 0.15) is 0 Å². The standard InChI is InChI=1S/C27H40N2O4/c1-2-32-27-23(12-9-19-30)24(21-10-5-3-6-11-21)20-25(33-27)26(31)29-17-13-22(14-18-29)28-15-7-4-8-16-28/h3,5-6,10-11,20,22-24,27,30H,2,4,7-9,12-19H2,1H3/t23-,24-,27-/m0/s1. The maximum Gasteiger partial charge on any atom is 0.288 e. The normalized spacial score (nSPS) is 27.2. The fourth-order valence-electron chi connectivity index (χ4n) is 5.69. The Kier molecular flexibility index (Phi) is 8.82. The third-order valence-electron chi connectivity index (χ3n) is 7.47. The van der Waals surface area contributed by atoms with E-state index in [0.717, 1.165) is 37.9 Å². The summed E-state index contributed by atoms with van der Waals surface area (Å²) in [5.74, 6) is 0.478. The molecule has 3 atom stereocenters. The molecule has 3 aliphatic rings. The molecule has 1 aromatic rings. The molecule has 3 heterocycles. The smallest absolute Gasteiger partial charge is 0.288 e. The monoisotopic (exact) mass is 456 g/mol. The summed E-state index contributed by atoms with van der Waals surface area (Å²) in [6.45, 7) is 6.58. The Morgan fingerprint density at radius 2 is 1.82 bits per heavy atom. The molecule has 2 saturated heterocycles. The summed E-state index contributed by atoms with van der Waals surface area (Å²) in [5, 5.41) is 9.43. The molecule has 182 valence electrons. The van der Waals surface area contributed by atoms with Crippen LogP contribution in [0, 0.1) is 5.92 Å². The molecular weight excluding hydrogens is 416 g/mol. The van der Waals surface area contributed by atoms with Crippen LogP contribution in [0.3, 0.4) is 0 Å². The maximum absolute atomic E-state index is 13.5. The predicted molar refractivity (Wildman–Crippen MR) is 129 cm³/mol. The van der Waals surface area contributed by atoms with Crippen LogP contribution < -0.4 is 0 Å². The van der Waals surface area contributed by atoms with E-state index in [-0.39, 0.29) is 24.3 Å². The first-order chi connectivity index (χ1) is 16.2. The highest BCUT2D eigenvalue weighted by Crippen LogP contribution is 2.39. The van der Waals surface area contributed by atoms with Gasteiger partial charge in [-0.05, 0) is 70.2 Å². The zero-order valence-electron chi connectivity index (χ0n) is 20.0. The lowest BCUT2D eigenvalue weighted by atomic mass is 9.80. The van der Waals surface area contributed by atoms with Crippen molar-refractivity contribution in [1.82, 2.24) is 9.80 Å². The Balaban J connectivity index is 1.49. The Labute approximate surface area is 198 Å². The van der Waals surface area contributed by atoms with E-state index in [4.69, 9.17) is 9.47 Å². The number of benzene rings is 1. The SMILES string of the molecule is CCO[C@H]1OC(C(=O)N2CCC(N3CCCCC3)CC2)=C[C@@H](c2ccccc2)[C@@H]1CCCO. The van der Waals surface area contributed by atoms with Crippen molar-refractivity contribution in [2.45, 2.75) is 70.1 Å². The van der Waals surface area contributed by atoms with Gasteiger partial charge in [-0.25, -0.2) is 0 Å². The van der Waals surface area contributed by atoms with Gasteiger partial charge in [0.15, 0.2) is 5.76 Å². The molecular formula is C27H40N2O4. The number of piperidine rings is 2. The summed E-state index contributed by atoms with van der Waals surface area (Å²) in [6, 6.07) is 10.9. The van der Waals surface area contributed by atoms with Gasteiger partial charge in [0.2, 0.25) is 6.29 Å². The molecule has 2 fully saturated rings.